The van der Waals surface area contributed by atoms with Crippen LogP contribution >= 0.6 is 27.5 Å². The Labute approximate surface area is 171 Å². The highest BCUT2D eigenvalue weighted by molar-refractivity contribution is 9.10. The van der Waals surface area contributed by atoms with Gasteiger partial charge in [-0.2, -0.15) is 0 Å². The van der Waals surface area contributed by atoms with Gasteiger partial charge in [0.05, 0.1) is 18.2 Å². The monoisotopic (exact) mass is 447 g/mol. The Balaban J connectivity index is 1.87. The number of carbonyl (C=O) groups excluding carboxylic acids is 1. The number of aliphatic hydroxyl groups is 1. The Hall–Kier alpha value is -2.08. The van der Waals surface area contributed by atoms with Gasteiger partial charge in [-0.05, 0) is 75.1 Å². The molecule has 0 aliphatic carbocycles. The van der Waals surface area contributed by atoms with Crippen LogP contribution in [0.5, 0.6) is 5.75 Å². The van der Waals surface area contributed by atoms with Crippen LogP contribution in [0.4, 0.5) is 0 Å². The number of fused-ring (bicyclic) bond motifs is 1. The largest absolute Gasteiger partial charge is 0.497 e. The number of rotatable bonds is 6. The maximum atomic E-state index is 12.8. The maximum absolute atomic E-state index is 12.8. The summed E-state index contributed by atoms with van der Waals surface area (Å²) in [6.45, 7) is -0.0364. The molecular formula is C21H19BrClNO3. The maximum Gasteiger partial charge on any atom is 0.251 e. The van der Waals surface area contributed by atoms with Crippen molar-refractivity contribution in [1.29, 1.82) is 0 Å². The first-order valence-electron chi connectivity index (χ1n) is 8.46. The molecule has 0 saturated carbocycles. The lowest BCUT2D eigenvalue weighted by Crippen LogP contribution is -2.29. The second-order valence-electron chi connectivity index (χ2n) is 6.14. The number of benzene rings is 3. The molecule has 3 rings (SSSR count). The summed E-state index contributed by atoms with van der Waals surface area (Å²) in [5.41, 5.74) is 1.43. The third-order valence-electron chi connectivity index (χ3n) is 4.36. The predicted molar refractivity (Wildman–Crippen MR) is 112 cm³/mol. The van der Waals surface area contributed by atoms with E-state index in [0.717, 1.165) is 20.8 Å². The number of hydrogen-bond acceptors (Lipinski definition) is 3. The lowest BCUT2D eigenvalue weighted by Gasteiger charge is -2.19. The van der Waals surface area contributed by atoms with Crippen LogP contribution in [0.25, 0.3) is 10.8 Å². The van der Waals surface area contributed by atoms with Crippen LogP contribution in [0, 0.1) is 0 Å². The molecule has 0 radical (unpaired) electrons. The van der Waals surface area contributed by atoms with Crippen molar-refractivity contribution in [3.05, 3.63) is 75.2 Å². The van der Waals surface area contributed by atoms with Gasteiger partial charge in [0, 0.05) is 16.6 Å². The number of hydrogen-bond donors (Lipinski definition) is 2. The molecule has 3 aromatic rings. The van der Waals surface area contributed by atoms with Gasteiger partial charge in [-0.25, -0.2) is 0 Å². The molecule has 1 amide bonds. The van der Waals surface area contributed by atoms with Gasteiger partial charge in [0.2, 0.25) is 0 Å². The SMILES string of the molecule is COc1cccc(C(CCO)NC(=O)c2ccc3cc(Cl)c(Br)cc3c2)c1. The van der Waals surface area contributed by atoms with Crippen molar-refractivity contribution in [2.24, 2.45) is 0 Å². The number of amides is 1. The highest BCUT2D eigenvalue weighted by atomic mass is 79.9. The number of carbonyl (C=O) groups is 1. The second kappa shape index (κ2) is 8.74. The van der Waals surface area contributed by atoms with Crippen LogP contribution in [-0.2, 0) is 0 Å². The molecule has 6 heteroatoms. The third-order valence-corrected chi connectivity index (χ3v) is 5.56. The fraction of sp³-hybridized carbons (Fsp3) is 0.190. The van der Waals surface area contributed by atoms with E-state index < -0.39 is 0 Å². The topological polar surface area (TPSA) is 58.6 Å². The smallest absolute Gasteiger partial charge is 0.251 e. The van der Waals surface area contributed by atoms with E-state index >= 15 is 0 Å². The number of ether oxygens (including phenoxy) is 1. The molecule has 0 aromatic heterocycles. The number of methoxy groups -OCH3 is 1. The Morgan fingerprint density at radius 1 is 1.19 bits per heavy atom. The highest BCUT2D eigenvalue weighted by Crippen LogP contribution is 2.29. The van der Waals surface area contributed by atoms with E-state index in [-0.39, 0.29) is 18.6 Å². The first kappa shape index (κ1) is 19.7. The molecular weight excluding hydrogens is 430 g/mol. The molecule has 0 aliphatic heterocycles. The Kier molecular flexibility index (Phi) is 6.37. The number of halogens is 2. The van der Waals surface area contributed by atoms with Gasteiger partial charge in [0.1, 0.15) is 5.75 Å². The normalized spacial score (nSPS) is 12.0. The molecule has 1 atom stereocenters. The molecule has 140 valence electrons. The van der Waals surface area contributed by atoms with Gasteiger partial charge in [0.25, 0.3) is 5.91 Å². The lowest BCUT2D eigenvalue weighted by molar-refractivity contribution is 0.0930. The average Bonchev–Trinajstić information content (AvgIpc) is 2.68. The standard InChI is InChI=1S/C21H19BrClNO3/c1-27-17-4-2-3-14(10-17)20(7-8-25)24-21(26)15-6-5-13-12-19(23)18(22)11-16(13)9-15/h2-6,9-12,20,25H,7-8H2,1H3,(H,24,26). The van der Waals surface area contributed by atoms with E-state index in [2.05, 4.69) is 21.2 Å². The molecule has 0 heterocycles. The Morgan fingerprint density at radius 3 is 2.74 bits per heavy atom. The zero-order chi connectivity index (χ0) is 19.4. The van der Waals surface area contributed by atoms with E-state index in [9.17, 15) is 9.90 Å². The van der Waals surface area contributed by atoms with Crippen molar-refractivity contribution in [2.45, 2.75) is 12.5 Å². The molecule has 4 nitrogen and oxygen atoms in total. The molecule has 2 N–H and O–H groups in total. The predicted octanol–water partition coefficient (Wildman–Crippen LogP) is 5.12. The minimum atomic E-state index is -0.315. The van der Waals surface area contributed by atoms with Crippen LogP contribution in [0.3, 0.4) is 0 Å². The molecule has 27 heavy (non-hydrogen) atoms. The fourth-order valence-corrected chi connectivity index (χ4v) is 3.47. The summed E-state index contributed by atoms with van der Waals surface area (Å²) in [7, 11) is 1.60. The summed E-state index contributed by atoms with van der Waals surface area (Å²) < 4.78 is 6.03. The molecule has 0 bridgehead atoms. The summed E-state index contributed by atoms with van der Waals surface area (Å²) in [4.78, 5) is 12.8. The summed E-state index contributed by atoms with van der Waals surface area (Å²) in [5, 5.41) is 14.9. The van der Waals surface area contributed by atoms with Crippen LogP contribution in [0.1, 0.15) is 28.4 Å². The quantitative estimate of drug-likeness (QED) is 0.550. The minimum absolute atomic E-state index is 0.0364. The second-order valence-corrected chi connectivity index (χ2v) is 7.40. The molecule has 0 spiro atoms. The summed E-state index contributed by atoms with van der Waals surface area (Å²) in [5.74, 6) is 0.501. The molecule has 0 saturated heterocycles. The van der Waals surface area contributed by atoms with Gasteiger partial charge < -0.3 is 15.2 Å². The van der Waals surface area contributed by atoms with Crippen molar-refractivity contribution in [3.8, 4) is 5.75 Å². The Morgan fingerprint density at radius 2 is 2.00 bits per heavy atom. The lowest BCUT2D eigenvalue weighted by atomic mass is 10.0. The highest BCUT2D eigenvalue weighted by Gasteiger charge is 2.16. The fourth-order valence-electron chi connectivity index (χ4n) is 2.93. The first-order valence-corrected chi connectivity index (χ1v) is 9.63. The average molecular weight is 449 g/mol. The van der Waals surface area contributed by atoms with Gasteiger partial charge in [-0.1, -0.05) is 29.8 Å². The van der Waals surface area contributed by atoms with Crippen molar-refractivity contribution in [3.63, 3.8) is 0 Å². The van der Waals surface area contributed by atoms with Gasteiger partial charge in [-0.15, -0.1) is 0 Å². The van der Waals surface area contributed by atoms with Crippen LogP contribution in [0.2, 0.25) is 5.02 Å². The molecule has 1 unspecified atom stereocenters. The third kappa shape index (κ3) is 4.61. The zero-order valence-corrected chi connectivity index (χ0v) is 17.0. The van der Waals surface area contributed by atoms with Gasteiger partial charge in [-0.3, -0.25) is 4.79 Å². The summed E-state index contributed by atoms with van der Waals surface area (Å²) >= 11 is 9.54. The number of nitrogens with one attached hydrogen (secondary N) is 1. The van der Waals surface area contributed by atoms with Crippen LogP contribution in [0.15, 0.2) is 59.1 Å². The molecule has 0 fully saturated rings. The summed E-state index contributed by atoms with van der Waals surface area (Å²) in [6.07, 6.45) is 0.410. The van der Waals surface area contributed by atoms with Crippen molar-refractivity contribution in [1.82, 2.24) is 5.32 Å². The van der Waals surface area contributed by atoms with E-state index in [1.165, 1.54) is 0 Å². The first-order chi connectivity index (χ1) is 13.0. The van der Waals surface area contributed by atoms with E-state index in [0.29, 0.717) is 22.8 Å². The van der Waals surface area contributed by atoms with E-state index in [4.69, 9.17) is 16.3 Å². The summed E-state index contributed by atoms with van der Waals surface area (Å²) in [6, 6.07) is 16.4. The van der Waals surface area contributed by atoms with E-state index in [1.54, 1.807) is 13.2 Å². The van der Waals surface area contributed by atoms with Crippen LogP contribution in [-0.4, -0.2) is 24.7 Å². The van der Waals surface area contributed by atoms with Crippen molar-refractivity contribution < 1.29 is 14.6 Å². The van der Waals surface area contributed by atoms with Crippen molar-refractivity contribution >= 4 is 44.2 Å². The Bertz CT molecular complexity index is 977. The van der Waals surface area contributed by atoms with Gasteiger partial charge in [0.15, 0.2) is 0 Å². The van der Waals surface area contributed by atoms with Crippen molar-refractivity contribution in [2.75, 3.05) is 13.7 Å². The van der Waals surface area contributed by atoms with Gasteiger partial charge >= 0.3 is 0 Å². The molecule has 0 aliphatic rings. The molecule has 3 aromatic carbocycles. The zero-order valence-electron chi connectivity index (χ0n) is 14.7. The van der Waals surface area contributed by atoms with Crippen LogP contribution < -0.4 is 10.1 Å². The number of aliphatic hydroxyl groups excluding tert-OH is 1. The minimum Gasteiger partial charge on any atom is -0.497 e. The van der Waals surface area contributed by atoms with E-state index in [1.807, 2.05) is 48.5 Å².